The monoisotopic (exact) mass is 248 g/mol. The van der Waals surface area contributed by atoms with Gasteiger partial charge in [0, 0.05) is 6.54 Å². The molecule has 0 aromatic heterocycles. The van der Waals surface area contributed by atoms with Crippen LogP contribution in [0.4, 0.5) is 5.69 Å². The number of carbonyl (C=O) groups is 1. The molecule has 4 N–H and O–H groups in total. The van der Waals surface area contributed by atoms with E-state index in [2.05, 4.69) is 5.32 Å². The molecule has 0 heterocycles. The average Bonchev–Trinajstić information content (AvgIpc) is 2.24. The minimum absolute atomic E-state index is 0.0726. The molecule has 0 spiro atoms. The number of benzene rings is 1. The minimum atomic E-state index is -0.426. The van der Waals surface area contributed by atoms with Crippen LogP contribution in [0.25, 0.3) is 0 Å². The van der Waals surface area contributed by atoms with Crippen LogP contribution in [-0.2, 0) is 4.79 Å². The summed E-state index contributed by atoms with van der Waals surface area (Å²) in [6, 6.07) is 3.66. The Bertz CT molecular complexity index is 473. The van der Waals surface area contributed by atoms with E-state index < -0.39 is 5.41 Å². The fourth-order valence-electron chi connectivity index (χ4n) is 2.44. The number of aromatic hydroxyl groups is 1. The second-order valence-electron chi connectivity index (χ2n) is 5.27. The van der Waals surface area contributed by atoms with Gasteiger partial charge in [-0.15, -0.1) is 0 Å². The zero-order valence-electron chi connectivity index (χ0n) is 10.9. The number of nitrogens with two attached hydrogens (primary N) is 1. The average molecular weight is 248 g/mol. The van der Waals surface area contributed by atoms with E-state index in [9.17, 15) is 9.90 Å². The molecule has 4 heteroatoms. The maximum atomic E-state index is 12.2. The second kappa shape index (κ2) is 4.61. The van der Waals surface area contributed by atoms with E-state index in [-0.39, 0.29) is 11.7 Å². The molecule has 1 saturated carbocycles. The van der Waals surface area contributed by atoms with Gasteiger partial charge in [-0.1, -0.05) is 12.5 Å². The molecule has 0 saturated heterocycles. The van der Waals surface area contributed by atoms with Gasteiger partial charge in [-0.2, -0.15) is 0 Å². The smallest absolute Gasteiger partial charge is 0.231 e. The van der Waals surface area contributed by atoms with Crippen molar-refractivity contribution in [1.82, 2.24) is 0 Å². The lowest BCUT2D eigenvalue weighted by molar-refractivity contribution is -0.129. The number of carbonyl (C=O) groups excluding carboxylic acids is 1. The Morgan fingerprint density at radius 3 is 2.61 bits per heavy atom. The predicted molar refractivity (Wildman–Crippen MR) is 71.5 cm³/mol. The molecular formula is C14H20N2O2. The maximum absolute atomic E-state index is 12.2. The zero-order chi connectivity index (χ0) is 13.3. The molecule has 1 aliphatic carbocycles. The summed E-state index contributed by atoms with van der Waals surface area (Å²) in [4.78, 5) is 12.2. The molecule has 0 atom stereocenters. The molecule has 98 valence electrons. The Kier molecular flexibility index (Phi) is 3.30. The maximum Gasteiger partial charge on any atom is 0.231 e. The van der Waals surface area contributed by atoms with E-state index >= 15 is 0 Å². The molecule has 1 aromatic carbocycles. The van der Waals surface area contributed by atoms with E-state index in [1.165, 1.54) is 0 Å². The summed E-state index contributed by atoms with van der Waals surface area (Å²) in [5.41, 5.74) is 7.53. The predicted octanol–water partition coefficient (Wildman–Crippen LogP) is 2.08. The van der Waals surface area contributed by atoms with Crippen LogP contribution >= 0.6 is 0 Å². The number of nitrogens with one attached hydrogen (secondary N) is 1. The van der Waals surface area contributed by atoms with Crippen LogP contribution in [0.5, 0.6) is 5.75 Å². The standard InChI is InChI=1S/C14H20N2O2/c1-9-6-10(2)12(17)11(7-9)16-13(18)14(8-15)4-3-5-14/h6-7,17H,3-5,8,15H2,1-2H3,(H,16,18). The van der Waals surface area contributed by atoms with Gasteiger partial charge in [0.05, 0.1) is 11.1 Å². The van der Waals surface area contributed by atoms with E-state index in [0.717, 1.165) is 30.4 Å². The Balaban J connectivity index is 2.22. The van der Waals surface area contributed by atoms with Gasteiger partial charge in [0.2, 0.25) is 5.91 Å². The summed E-state index contributed by atoms with van der Waals surface area (Å²) in [6.45, 7) is 4.12. The fourth-order valence-corrected chi connectivity index (χ4v) is 2.44. The molecule has 1 amide bonds. The van der Waals surface area contributed by atoms with Gasteiger partial charge in [-0.25, -0.2) is 0 Å². The summed E-state index contributed by atoms with van der Waals surface area (Å²) >= 11 is 0. The summed E-state index contributed by atoms with van der Waals surface area (Å²) in [5.74, 6) is 0.0667. The summed E-state index contributed by atoms with van der Waals surface area (Å²) in [7, 11) is 0. The van der Waals surface area contributed by atoms with E-state index in [0.29, 0.717) is 12.2 Å². The highest BCUT2D eigenvalue weighted by Gasteiger charge is 2.43. The lowest BCUT2D eigenvalue weighted by atomic mass is 9.68. The number of hydrogen-bond donors (Lipinski definition) is 3. The highest BCUT2D eigenvalue weighted by Crippen LogP contribution is 2.41. The quantitative estimate of drug-likeness (QED) is 0.717. The first kappa shape index (κ1) is 12.9. The van der Waals surface area contributed by atoms with Crippen LogP contribution in [0, 0.1) is 19.3 Å². The lowest BCUT2D eigenvalue weighted by Gasteiger charge is -2.39. The molecule has 0 unspecified atom stereocenters. The summed E-state index contributed by atoms with van der Waals surface area (Å²) in [6.07, 6.45) is 2.71. The first-order chi connectivity index (χ1) is 8.48. The third-order valence-electron chi connectivity index (χ3n) is 3.88. The normalized spacial score (nSPS) is 17.1. The highest BCUT2D eigenvalue weighted by molar-refractivity contribution is 5.97. The van der Waals surface area contributed by atoms with Crippen LogP contribution in [0.3, 0.4) is 0 Å². The van der Waals surface area contributed by atoms with Crippen LogP contribution in [-0.4, -0.2) is 17.6 Å². The number of anilines is 1. The van der Waals surface area contributed by atoms with Gasteiger partial charge in [-0.3, -0.25) is 4.79 Å². The number of amides is 1. The minimum Gasteiger partial charge on any atom is -0.505 e. The number of aryl methyl sites for hydroxylation is 2. The first-order valence-corrected chi connectivity index (χ1v) is 6.30. The van der Waals surface area contributed by atoms with Gasteiger partial charge in [0.15, 0.2) is 0 Å². The van der Waals surface area contributed by atoms with Gasteiger partial charge >= 0.3 is 0 Å². The fraction of sp³-hybridized carbons (Fsp3) is 0.500. The SMILES string of the molecule is Cc1cc(C)c(O)c(NC(=O)C2(CN)CCC2)c1. The molecule has 1 fully saturated rings. The van der Waals surface area contributed by atoms with Gasteiger partial charge < -0.3 is 16.2 Å². The molecule has 0 radical (unpaired) electrons. The molecule has 0 aliphatic heterocycles. The lowest BCUT2D eigenvalue weighted by Crippen LogP contribution is -2.47. The van der Waals surface area contributed by atoms with Crippen molar-refractivity contribution >= 4 is 11.6 Å². The van der Waals surface area contributed by atoms with Crippen molar-refractivity contribution in [2.24, 2.45) is 11.1 Å². The van der Waals surface area contributed by atoms with Crippen LogP contribution in [0.15, 0.2) is 12.1 Å². The molecule has 1 aromatic rings. The Labute approximate surface area is 107 Å². The van der Waals surface area contributed by atoms with Gasteiger partial charge in [-0.05, 0) is 43.9 Å². The van der Waals surface area contributed by atoms with Crippen LogP contribution < -0.4 is 11.1 Å². The number of phenolic OH excluding ortho intramolecular Hbond substituents is 1. The Morgan fingerprint density at radius 1 is 1.44 bits per heavy atom. The third kappa shape index (κ3) is 2.08. The van der Waals surface area contributed by atoms with E-state index in [4.69, 9.17) is 5.73 Å². The molecular weight excluding hydrogens is 228 g/mol. The Morgan fingerprint density at radius 2 is 2.11 bits per heavy atom. The van der Waals surface area contributed by atoms with Crippen molar-refractivity contribution in [3.8, 4) is 5.75 Å². The Hall–Kier alpha value is -1.55. The zero-order valence-corrected chi connectivity index (χ0v) is 10.9. The van der Waals surface area contributed by atoms with Crippen molar-refractivity contribution in [2.75, 3.05) is 11.9 Å². The topological polar surface area (TPSA) is 75.3 Å². The largest absolute Gasteiger partial charge is 0.505 e. The van der Waals surface area contributed by atoms with E-state index in [1.54, 1.807) is 6.07 Å². The number of rotatable bonds is 3. The van der Waals surface area contributed by atoms with Gasteiger partial charge in [0.25, 0.3) is 0 Å². The highest BCUT2D eigenvalue weighted by atomic mass is 16.3. The summed E-state index contributed by atoms with van der Waals surface area (Å²) < 4.78 is 0. The molecule has 2 rings (SSSR count). The number of hydrogen-bond acceptors (Lipinski definition) is 3. The summed E-state index contributed by atoms with van der Waals surface area (Å²) in [5, 5.41) is 12.8. The van der Waals surface area contributed by atoms with Crippen LogP contribution in [0.2, 0.25) is 0 Å². The molecule has 4 nitrogen and oxygen atoms in total. The first-order valence-electron chi connectivity index (χ1n) is 6.30. The van der Waals surface area contributed by atoms with Gasteiger partial charge in [0.1, 0.15) is 5.75 Å². The third-order valence-corrected chi connectivity index (χ3v) is 3.88. The van der Waals surface area contributed by atoms with Crippen molar-refractivity contribution in [1.29, 1.82) is 0 Å². The number of phenols is 1. The second-order valence-corrected chi connectivity index (χ2v) is 5.27. The molecule has 1 aliphatic rings. The molecule has 0 bridgehead atoms. The van der Waals surface area contributed by atoms with Crippen molar-refractivity contribution in [3.05, 3.63) is 23.3 Å². The van der Waals surface area contributed by atoms with E-state index in [1.807, 2.05) is 19.9 Å². The van der Waals surface area contributed by atoms with Crippen LogP contribution in [0.1, 0.15) is 30.4 Å². The van der Waals surface area contributed by atoms with Crippen molar-refractivity contribution < 1.29 is 9.90 Å². The van der Waals surface area contributed by atoms with Crippen molar-refractivity contribution in [2.45, 2.75) is 33.1 Å². The molecule has 18 heavy (non-hydrogen) atoms. The van der Waals surface area contributed by atoms with Crippen molar-refractivity contribution in [3.63, 3.8) is 0 Å².